The molecular weight excluding hydrogens is 266 g/mol. The highest BCUT2D eigenvalue weighted by Crippen LogP contribution is 2.26. The second-order valence-corrected chi connectivity index (χ2v) is 4.79. The zero-order chi connectivity index (χ0) is 14.3. The Morgan fingerprint density at radius 1 is 1.60 bits per heavy atom. The van der Waals surface area contributed by atoms with Crippen molar-refractivity contribution in [1.82, 2.24) is 19.5 Å². The first-order valence-corrected chi connectivity index (χ1v) is 6.23. The van der Waals surface area contributed by atoms with Crippen LogP contribution in [-0.4, -0.2) is 55.2 Å². The van der Waals surface area contributed by atoms with Crippen LogP contribution in [0.5, 0.6) is 0 Å². The molecule has 0 radical (unpaired) electrons. The first kappa shape index (κ1) is 13.0. The predicted octanol–water partition coefficient (Wildman–Crippen LogP) is -1.62. The molecule has 0 saturated carbocycles. The first-order chi connectivity index (χ1) is 9.60. The van der Waals surface area contributed by atoms with Crippen molar-refractivity contribution >= 4 is 17.0 Å². The molecule has 3 heterocycles. The van der Waals surface area contributed by atoms with Crippen LogP contribution in [0.25, 0.3) is 11.2 Å². The fourth-order valence-corrected chi connectivity index (χ4v) is 2.43. The number of H-pyrrole nitrogens is 1. The van der Waals surface area contributed by atoms with Gasteiger partial charge in [0.2, 0.25) is 0 Å². The lowest BCUT2D eigenvalue weighted by atomic mass is 10.0. The fourth-order valence-electron chi connectivity index (χ4n) is 2.43. The minimum absolute atomic E-state index is 0.157. The average Bonchev–Trinajstić information content (AvgIpc) is 2.82. The van der Waals surface area contributed by atoms with Gasteiger partial charge in [0.1, 0.15) is 17.4 Å². The summed E-state index contributed by atoms with van der Waals surface area (Å²) >= 11 is 0. The van der Waals surface area contributed by atoms with E-state index in [-0.39, 0.29) is 18.5 Å². The third kappa shape index (κ3) is 2.05. The number of hydrogen-bond donors (Lipinski definition) is 4. The highest BCUT2D eigenvalue weighted by molar-refractivity contribution is 5.81. The van der Waals surface area contributed by atoms with E-state index in [1.54, 1.807) is 4.57 Å². The molecule has 2 aromatic rings. The number of nitrogens with zero attached hydrogens (tertiary/aromatic N) is 3. The smallest absolute Gasteiger partial charge is 0.348 e. The molecule has 3 rings (SSSR count). The normalized spacial score (nSPS) is 27.0. The quantitative estimate of drug-likeness (QED) is 0.519. The summed E-state index contributed by atoms with van der Waals surface area (Å²) in [7, 11) is 0. The van der Waals surface area contributed by atoms with Gasteiger partial charge in [-0.15, -0.1) is 0 Å². The summed E-state index contributed by atoms with van der Waals surface area (Å²) in [5, 5.41) is 18.9. The number of aliphatic hydroxyl groups excluding tert-OH is 2. The first-order valence-electron chi connectivity index (χ1n) is 6.23. The molecular formula is C11H15N5O4. The van der Waals surface area contributed by atoms with Crippen molar-refractivity contribution < 1.29 is 14.9 Å². The number of aromatic amines is 1. The van der Waals surface area contributed by atoms with Crippen LogP contribution >= 0.6 is 0 Å². The molecule has 2 aromatic heterocycles. The Kier molecular flexibility index (Phi) is 3.16. The maximum absolute atomic E-state index is 11.4. The Hall–Kier alpha value is -1.97. The lowest BCUT2D eigenvalue weighted by molar-refractivity contribution is -0.112. The van der Waals surface area contributed by atoms with Crippen LogP contribution in [-0.2, 0) is 4.74 Å². The van der Waals surface area contributed by atoms with Gasteiger partial charge in [0, 0.05) is 0 Å². The molecule has 0 bridgehead atoms. The maximum Gasteiger partial charge on any atom is 0.348 e. The van der Waals surface area contributed by atoms with E-state index in [1.165, 1.54) is 6.33 Å². The number of nitrogens with one attached hydrogen (secondary N) is 1. The van der Waals surface area contributed by atoms with E-state index in [0.29, 0.717) is 24.2 Å². The Morgan fingerprint density at radius 3 is 3.10 bits per heavy atom. The van der Waals surface area contributed by atoms with E-state index in [9.17, 15) is 9.90 Å². The molecule has 0 spiro atoms. The van der Waals surface area contributed by atoms with E-state index in [0.717, 1.165) is 0 Å². The highest BCUT2D eigenvalue weighted by Gasteiger charge is 2.31. The summed E-state index contributed by atoms with van der Waals surface area (Å²) in [6.45, 7) is 0.0611. The molecule has 5 N–H and O–H groups in total. The lowest BCUT2D eigenvalue weighted by Crippen LogP contribution is -2.41. The Bertz CT molecular complexity index is 681. The molecule has 0 aromatic carbocycles. The van der Waals surface area contributed by atoms with E-state index in [1.807, 2.05) is 0 Å². The molecule has 0 aliphatic carbocycles. The van der Waals surface area contributed by atoms with Crippen LogP contribution in [0.3, 0.4) is 0 Å². The molecule has 1 aliphatic heterocycles. The molecule has 0 unspecified atom stereocenters. The second-order valence-electron chi connectivity index (χ2n) is 4.79. The van der Waals surface area contributed by atoms with Crippen molar-refractivity contribution in [2.45, 2.75) is 24.7 Å². The van der Waals surface area contributed by atoms with Gasteiger partial charge in [-0.3, -0.25) is 4.98 Å². The number of fused-ring (bicyclic) bond motifs is 1. The summed E-state index contributed by atoms with van der Waals surface area (Å²) in [5.41, 5.74) is 5.89. The number of ether oxygens (including phenoxy) is 1. The van der Waals surface area contributed by atoms with E-state index in [4.69, 9.17) is 15.6 Å². The monoisotopic (exact) mass is 281 g/mol. The van der Waals surface area contributed by atoms with E-state index < -0.39 is 17.9 Å². The zero-order valence-electron chi connectivity index (χ0n) is 10.6. The van der Waals surface area contributed by atoms with E-state index >= 15 is 0 Å². The van der Waals surface area contributed by atoms with Crippen LogP contribution in [0.1, 0.15) is 12.5 Å². The molecule has 3 atom stereocenters. The summed E-state index contributed by atoms with van der Waals surface area (Å²) in [6.07, 6.45) is 0.532. The van der Waals surface area contributed by atoms with Gasteiger partial charge in [-0.05, 0) is 6.42 Å². The number of nitrogens with two attached hydrogens (primary N) is 1. The molecule has 20 heavy (non-hydrogen) atoms. The van der Waals surface area contributed by atoms with Crippen molar-refractivity contribution in [2.24, 2.45) is 0 Å². The summed E-state index contributed by atoms with van der Waals surface area (Å²) in [5.74, 6) is 0.157. The second kappa shape index (κ2) is 4.85. The van der Waals surface area contributed by atoms with Crippen LogP contribution in [0, 0.1) is 0 Å². The van der Waals surface area contributed by atoms with Gasteiger partial charge in [0.15, 0.2) is 5.65 Å². The number of aromatic nitrogens is 4. The number of hydrogen-bond acceptors (Lipinski definition) is 7. The largest absolute Gasteiger partial charge is 0.394 e. The van der Waals surface area contributed by atoms with Crippen LogP contribution < -0.4 is 11.4 Å². The van der Waals surface area contributed by atoms with Crippen molar-refractivity contribution in [1.29, 1.82) is 0 Å². The van der Waals surface area contributed by atoms with Crippen molar-refractivity contribution in [2.75, 3.05) is 18.9 Å². The zero-order valence-corrected chi connectivity index (χ0v) is 10.6. The molecule has 9 nitrogen and oxygen atoms in total. The number of nitrogen functional groups attached to an aromatic ring is 1. The van der Waals surface area contributed by atoms with Crippen molar-refractivity contribution in [3.05, 3.63) is 16.8 Å². The van der Waals surface area contributed by atoms with Gasteiger partial charge in [0.25, 0.3) is 0 Å². The lowest BCUT2D eigenvalue weighted by Gasteiger charge is -2.32. The van der Waals surface area contributed by atoms with Gasteiger partial charge in [0.05, 0.1) is 31.7 Å². The Labute approximate surface area is 113 Å². The number of anilines is 1. The van der Waals surface area contributed by atoms with Crippen LogP contribution in [0.15, 0.2) is 11.1 Å². The van der Waals surface area contributed by atoms with E-state index in [2.05, 4.69) is 15.0 Å². The molecule has 108 valence electrons. The van der Waals surface area contributed by atoms with Gasteiger partial charge < -0.3 is 25.3 Å². The Morgan fingerprint density at radius 2 is 2.40 bits per heavy atom. The minimum atomic E-state index is -0.782. The summed E-state index contributed by atoms with van der Waals surface area (Å²) < 4.78 is 7.06. The third-order valence-corrected chi connectivity index (χ3v) is 3.49. The molecule has 1 fully saturated rings. The SMILES string of the molecule is Nc1[nH]c(=O)nc2c1ncn2[C@@H]1CO[C@H](CO)[C@@H](O)C1. The third-order valence-electron chi connectivity index (χ3n) is 3.49. The summed E-state index contributed by atoms with van der Waals surface area (Å²) in [6, 6.07) is -0.216. The predicted molar refractivity (Wildman–Crippen MR) is 69.0 cm³/mol. The number of rotatable bonds is 2. The van der Waals surface area contributed by atoms with Crippen LogP contribution in [0.4, 0.5) is 5.82 Å². The summed E-state index contributed by atoms with van der Waals surface area (Å²) in [4.78, 5) is 21.8. The van der Waals surface area contributed by atoms with Crippen molar-refractivity contribution in [3.8, 4) is 0 Å². The standard InChI is InChI=1S/C11H15N5O4/c12-9-8-10(15-11(19)14-9)16(4-13-8)5-1-6(18)7(2-17)20-3-5/h4-7,17-18H,1-3H2,(H3,12,14,15,19)/t5-,6-,7+/m0/s1. The number of aliphatic hydroxyl groups is 2. The highest BCUT2D eigenvalue weighted by atomic mass is 16.5. The molecule has 1 aliphatic rings. The molecule has 0 amide bonds. The fraction of sp³-hybridized carbons (Fsp3) is 0.545. The van der Waals surface area contributed by atoms with Gasteiger partial charge in [-0.25, -0.2) is 9.78 Å². The minimum Gasteiger partial charge on any atom is -0.394 e. The average molecular weight is 281 g/mol. The van der Waals surface area contributed by atoms with Crippen molar-refractivity contribution in [3.63, 3.8) is 0 Å². The molecule has 9 heteroatoms. The number of imidazole rings is 1. The van der Waals surface area contributed by atoms with Crippen LogP contribution in [0.2, 0.25) is 0 Å². The van der Waals surface area contributed by atoms with Gasteiger partial charge in [-0.1, -0.05) is 0 Å². The Balaban J connectivity index is 1.97. The van der Waals surface area contributed by atoms with Gasteiger partial charge >= 0.3 is 5.69 Å². The maximum atomic E-state index is 11.4. The molecule has 1 saturated heterocycles. The van der Waals surface area contributed by atoms with Gasteiger partial charge in [-0.2, -0.15) is 4.98 Å². The topological polar surface area (TPSA) is 139 Å².